The van der Waals surface area contributed by atoms with Gasteiger partial charge in [-0.15, -0.1) is 0 Å². The Bertz CT molecular complexity index is 311. The first-order valence-corrected chi connectivity index (χ1v) is 3.39. The molecule has 12 heavy (non-hydrogen) atoms. The van der Waals surface area contributed by atoms with Crippen LogP contribution < -0.4 is 0 Å². The number of rotatable bonds is 1. The molecular weight excluding hydrogens is 165 g/mol. The van der Waals surface area contributed by atoms with Crippen LogP contribution in [0.15, 0.2) is 30.1 Å². The van der Waals surface area contributed by atoms with Crippen LogP contribution in [0.5, 0.6) is 0 Å². The van der Waals surface area contributed by atoms with Crippen molar-refractivity contribution >= 4 is 5.83 Å². The van der Waals surface area contributed by atoms with E-state index in [9.17, 15) is 13.2 Å². The Morgan fingerprint density at radius 3 is 2.25 bits per heavy atom. The van der Waals surface area contributed by atoms with E-state index < -0.39 is 17.5 Å². The molecule has 0 N–H and O–H groups in total. The molecule has 0 fully saturated rings. The highest BCUT2D eigenvalue weighted by Gasteiger charge is 2.08. The highest BCUT2D eigenvalue weighted by molar-refractivity contribution is 5.60. The van der Waals surface area contributed by atoms with Gasteiger partial charge >= 0.3 is 0 Å². The van der Waals surface area contributed by atoms with Gasteiger partial charge in [-0.2, -0.15) is 0 Å². The fourth-order valence-electron chi connectivity index (χ4n) is 0.825. The molecule has 0 heterocycles. The number of benzene rings is 1. The molecule has 1 rings (SSSR count). The van der Waals surface area contributed by atoms with Crippen LogP contribution in [-0.2, 0) is 0 Å². The van der Waals surface area contributed by atoms with Gasteiger partial charge in [-0.3, -0.25) is 0 Å². The summed E-state index contributed by atoms with van der Waals surface area (Å²) in [6, 6.07) is 5.13. The van der Waals surface area contributed by atoms with Crippen molar-refractivity contribution < 1.29 is 13.2 Å². The van der Waals surface area contributed by atoms with Crippen molar-refractivity contribution in [3.8, 4) is 0 Å². The molecule has 0 radical (unpaired) electrons. The molecule has 1 aromatic carbocycles. The average Bonchev–Trinajstić information content (AvgIpc) is 2.04. The Morgan fingerprint density at radius 2 is 1.75 bits per heavy atom. The molecule has 0 aliphatic rings. The van der Waals surface area contributed by atoms with Gasteiger partial charge in [-0.1, -0.05) is 12.1 Å². The van der Waals surface area contributed by atoms with Gasteiger partial charge in [0.25, 0.3) is 0 Å². The molecule has 0 amide bonds. The van der Waals surface area contributed by atoms with E-state index in [4.69, 9.17) is 0 Å². The molecule has 0 saturated heterocycles. The quantitative estimate of drug-likeness (QED) is 0.608. The van der Waals surface area contributed by atoms with Gasteiger partial charge in [0.15, 0.2) is 5.83 Å². The van der Waals surface area contributed by atoms with E-state index in [1.807, 2.05) is 0 Å². The lowest BCUT2D eigenvalue weighted by molar-refractivity contribution is 0.586. The second kappa shape index (κ2) is 3.43. The zero-order valence-corrected chi connectivity index (χ0v) is 6.44. The first kappa shape index (κ1) is 8.84. The normalized spacial score (nSPS) is 12.7. The van der Waals surface area contributed by atoms with Gasteiger partial charge in [0.05, 0.1) is 0 Å². The monoisotopic (exact) mass is 172 g/mol. The van der Waals surface area contributed by atoms with Crippen LogP contribution in [0.4, 0.5) is 13.2 Å². The summed E-state index contributed by atoms with van der Waals surface area (Å²) < 4.78 is 37.8. The third-order valence-electron chi connectivity index (χ3n) is 1.41. The van der Waals surface area contributed by atoms with E-state index in [-0.39, 0.29) is 5.56 Å². The first-order chi connectivity index (χ1) is 5.63. The molecule has 1 aromatic rings. The summed E-state index contributed by atoms with van der Waals surface area (Å²) in [6.07, 6.45) is 0. The second-order valence-corrected chi connectivity index (χ2v) is 2.33. The lowest BCUT2D eigenvalue weighted by Gasteiger charge is -1.98. The van der Waals surface area contributed by atoms with Crippen LogP contribution >= 0.6 is 0 Å². The Hall–Kier alpha value is -1.25. The maximum absolute atomic E-state index is 12.8. The number of hydrogen-bond acceptors (Lipinski definition) is 0. The molecule has 0 nitrogen and oxygen atoms in total. The van der Waals surface area contributed by atoms with Gasteiger partial charge in [0, 0.05) is 5.56 Å². The predicted molar refractivity (Wildman–Crippen MR) is 41.2 cm³/mol. The van der Waals surface area contributed by atoms with Crippen LogP contribution in [0.1, 0.15) is 12.5 Å². The molecule has 64 valence electrons. The molecular formula is C9H7F3. The fraction of sp³-hybridized carbons (Fsp3) is 0.111. The summed E-state index contributed by atoms with van der Waals surface area (Å²) in [5, 5.41) is 0. The summed E-state index contributed by atoms with van der Waals surface area (Å²) >= 11 is 0. The standard InChI is InChI=1S/C9H7F3/c1-6(10)9(12)7-4-2-3-5-8(7)11/h2-5H,1H3. The van der Waals surface area contributed by atoms with E-state index in [2.05, 4.69) is 0 Å². The Kier molecular flexibility index (Phi) is 2.53. The predicted octanol–water partition coefficient (Wildman–Crippen LogP) is 3.45. The van der Waals surface area contributed by atoms with Crippen molar-refractivity contribution in [2.75, 3.05) is 0 Å². The molecule has 0 aromatic heterocycles. The molecule has 0 aliphatic carbocycles. The number of allylic oxidation sites excluding steroid dienone is 1. The average molecular weight is 172 g/mol. The van der Waals surface area contributed by atoms with Crippen LogP contribution in [0.3, 0.4) is 0 Å². The van der Waals surface area contributed by atoms with Crippen molar-refractivity contribution in [3.63, 3.8) is 0 Å². The maximum Gasteiger partial charge on any atom is 0.164 e. The topological polar surface area (TPSA) is 0 Å². The maximum atomic E-state index is 12.8. The van der Waals surface area contributed by atoms with E-state index in [1.54, 1.807) is 0 Å². The van der Waals surface area contributed by atoms with Gasteiger partial charge in [0.2, 0.25) is 0 Å². The minimum absolute atomic E-state index is 0.336. The van der Waals surface area contributed by atoms with E-state index >= 15 is 0 Å². The van der Waals surface area contributed by atoms with Gasteiger partial charge in [-0.25, -0.2) is 13.2 Å². The van der Waals surface area contributed by atoms with Crippen LogP contribution in [-0.4, -0.2) is 0 Å². The molecule has 3 heteroatoms. The summed E-state index contributed by atoms with van der Waals surface area (Å²) in [7, 11) is 0. The van der Waals surface area contributed by atoms with Crippen molar-refractivity contribution in [3.05, 3.63) is 41.5 Å². The Labute approximate surface area is 68.3 Å². The van der Waals surface area contributed by atoms with E-state index in [0.29, 0.717) is 0 Å². The zero-order valence-electron chi connectivity index (χ0n) is 6.44. The largest absolute Gasteiger partial charge is 0.209 e. The summed E-state index contributed by atoms with van der Waals surface area (Å²) in [6.45, 7) is 0.946. The summed E-state index contributed by atoms with van der Waals surface area (Å²) in [4.78, 5) is 0. The Morgan fingerprint density at radius 1 is 1.17 bits per heavy atom. The molecule has 0 bridgehead atoms. The molecule has 0 atom stereocenters. The summed E-state index contributed by atoms with van der Waals surface area (Å²) in [5.41, 5.74) is -0.336. The van der Waals surface area contributed by atoms with Crippen molar-refractivity contribution in [2.24, 2.45) is 0 Å². The van der Waals surface area contributed by atoms with Crippen molar-refractivity contribution in [2.45, 2.75) is 6.92 Å². The van der Waals surface area contributed by atoms with Crippen molar-refractivity contribution in [1.82, 2.24) is 0 Å². The SMILES string of the molecule is CC(F)=C(F)c1ccccc1F. The van der Waals surface area contributed by atoms with Crippen LogP contribution in [0.25, 0.3) is 5.83 Å². The zero-order chi connectivity index (χ0) is 9.14. The molecule has 0 aliphatic heterocycles. The third-order valence-corrected chi connectivity index (χ3v) is 1.41. The van der Waals surface area contributed by atoms with Crippen molar-refractivity contribution in [1.29, 1.82) is 0 Å². The van der Waals surface area contributed by atoms with Gasteiger partial charge < -0.3 is 0 Å². The first-order valence-electron chi connectivity index (χ1n) is 3.39. The highest BCUT2D eigenvalue weighted by atomic mass is 19.2. The summed E-state index contributed by atoms with van der Waals surface area (Å²) in [5.74, 6) is -2.92. The number of hydrogen-bond donors (Lipinski definition) is 0. The Balaban J connectivity index is 3.21. The molecule has 0 saturated carbocycles. The molecule has 0 spiro atoms. The molecule has 0 unspecified atom stereocenters. The van der Waals surface area contributed by atoms with Crippen LogP contribution in [0, 0.1) is 5.82 Å². The highest BCUT2D eigenvalue weighted by Crippen LogP contribution is 2.22. The number of halogens is 3. The second-order valence-electron chi connectivity index (χ2n) is 2.33. The van der Waals surface area contributed by atoms with Gasteiger partial charge in [-0.05, 0) is 19.1 Å². The van der Waals surface area contributed by atoms with Gasteiger partial charge in [0.1, 0.15) is 11.6 Å². The fourth-order valence-corrected chi connectivity index (χ4v) is 0.825. The van der Waals surface area contributed by atoms with E-state index in [0.717, 1.165) is 13.0 Å². The van der Waals surface area contributed by atoms with Crippen LogP contribution in [0.2, 0.25) is 0 Å². The minimum Gasteiger partial charge on any atom is -0.209 e. The lowest BCUT2D eigenvalue weighted by atomic mass is 10.2. The lowest BCUT2D eigenvalue weighted by Crippen LogP contribution is -1.85. The third kappa shape index (κ3) is 1.67. The van der Waals surface area contributed by atoms with E-state index in [1.165, 1.54) is 18.2 Å². The smallest absolute Gasteiger partial charge is 0.164 e. The minimum atomic E-state index is -1.15.